The van der Waals surface area contributed by atoms with Crippen molar-refractivity contribution in [2.24, 2.45) is 5.92 Å². The molecular weight excluding hydrogens is 432 g/mol. The number of carbonyl (C=O) groups excluding carboxylic acids is 2. The zero-order valence-electron chi connectivity index (χ0n) is 18.6. The maximum Gasteiger partial charge on any atom is 0.263 e. The van der Waals surface area contributed by atoms with Crippen LogP contribution in [0.2, 0.25) is 5.02 Å². The highest BCUT2D eigenvalue weighted by atomic mass is 35.5. The molecule has 1 aliphatic heterocycles. The number of hydrogen-bond acceptors (Lipinski definition) is 5. The molecule has 0 aliphatic carbocycles. The van der Waals surface area contributed by atoms with Gasteiger partial charge in [0.25, 0.3) is 11.8 Å². The maximum atomic E-state index is 12.7. The minimum absolute atomic E-state index is 0.0345. The van der Waals surface area contributed by atoms with E-state index in [1.165, 1.54) is 7.11 Å². The van der Waals surface area contributed by atoms with E-state index in [2.05, 4.69) is 5.32 Å². The van der Waals surface area contributed by atoms with Crippen LogP contribution < -0.4 is 19.5 Å². The number of hydrogen-bond donors (Lipinski definition) is 1. The van der Waals surface area contributed by atoms with Gasteiger partial charge >= 0.3 is 0 Å². The SMILES string of the molecule is COc1ccc(C(=O)NCC2CCN(C(=O)C(C)Oc3ccc(Cl)cc3)CC2)cc1OC. The van der Waals surface area contributed by atoms with Gasteiger partial charge in [-0.3, -0.25) is 9.59 Å². The van der Waals surface area contributed by atoms with Crippen LogP contribution in [0.5, 0.6) is 17.2 Å². The lowest BCUT2D eigenvalue weighted by Crippen LogP contribution is -2.46. The van der Waals surface area contributed by atoms with E-state index < -0.39 is 6.10 Å². The van der Waals surface area contributed by atoms with Gasteiger partial charge in [-0.15, -0.1) is 0 Å². The van der Waals surface area contributed by atoms with Crippen LogP contribution in [0.15, 0.2) is 42.5 Å². The monoisotopic (exact) mass is 460 g/mol. The number of carbonyl (C=O) groups is 2. The Morgan fingerprint density at radius 1 is 1.06 bits per heavy atom. The molecule has 1 unspecified atom stereocenters. The summed E-state index contributed by atoms with van der Waals surface area (Å²) in [6, 6.07) is 12.0. The normalized spacial score (nSPS) is 15.1. The standard InChI is InChI=1S/C24H29ClN2O5/c1-16(32-20-7-5-19(25)6-8-20)24(29)27-12-10-17(11-13-27)15-26-23(28)18-4-9-21(30-2)22(14-18)31-3/h4-9,14,16-17H,10-13,15H2,1-3H3,(H,26,28). The molecule has 1 N–H and O–H groups in total. The molecule has 0 aromatic heterocycles. The fraction of sp³-hybridized carbons (Fsp3) is 0.417. The maximum absolute atomic E-state index is 12.7. The van der Waals surface area contributed by atoms with Crippen molar-refractivity contribution in [2.45, 2.75) is 25.9 Å². The summed E-state index contributed by atoms with van der Waals surface area (Å²) >= 11 is 5.88. The van der Waals surface area contributed by atoms with Crippen LogP contribution in [-0.2, 0) is 4.79 Å². The number of nitrogens with zero attached hydrogens (tertiary/aromatic N) is 1. The van der Waals surface area contributed by atoms with Crippen molar-refractivity contribution in [2.75, 3.05) is 33.9 Å². The van der Waals surface area contributed by atoms with E-state index in [0.717, 1.165) is 12.8 Å². The van der Waals surface area contributed by atoms with E-state index in [9.17, 15) is 9.59 Å². The van der Waals surface area contributed by atoms with E-state index in [-0.39, 0.29) is 11.8 Å². The van der Waals surface area contributed by atoms with Gasteiger partial charge in [0.2, 0.25) is 0 Å². The predicted octanol–water partition coefficient (Wildman–Crippen LogP) is 3.79. The average molecular weight is 461 g/mol. The second-order valence-corrected chi connectivity index (χ2v) is 8.20. The minimum atomic E-state index is -0.572. The molecule has 0 saturated carbocycles. The third kappa shape index (κ3) is 6.07. The largest absolute Gasteiger partial charge is 0.493 e. The van der Waals surface area contributed by atoms with Gasteiger partial charge in [-0.2, -0.15) is 0 Å². The summed E-state index contributed by atoms with van der Waals surface area (Å²) in [7, 11) is 3.09. The summed E-state index contributed by atoms with van der Waals surface area (Å²) in [6.07, 6.45) is 1.08. The molecule has 8 heteroatoms. The van der Waals surface area contributed by atoms with Gasteiger partial charge in [0.05, 0.1) is 14.2 Å². The van der Waals surface area contributed by atoms with Crippen molar-refractivity contribution < 1.29 is 23.8 Å². The van der Waals surface area contributed by atoms with Crippen molar-refractivity contribution in [1.82, 2.24) is 10.2 Å². The number of nitrogens with one attached hydrogen (secondary N) is 1. The number of benzene rings is 2. The number of ether oxygens (including phenoxy) is 3. The fourth-order valence-corrected chi connectivity index (χ4v) is 3.82. The van der Waals surface area contributed by atoms with E-state index in [4.69, 9.17) is 25.8 Å². The Labute approximate surface area is 193 Å². The van der Waals surface area contributed by atoms with E-state index in [1.54, 1.807) is 56.5 Å². The Bertz CT molecular complexity index is 926. The molecule has 2 amide bonds. The van der Waals surface area contributed by atoms with Gasteiger partial charge in [0, 0.05) is 30.2 Å². The molecule has 1 heterocycles. The first-order valence-corrected chi connectivity index (χ1v) is 11.0. The highest BCUT2D eigenvalue weighted by molar-refractivity contribution is 6.30. The average Bonchev–Trinajstić information content (AvgIpc) is 2.83. The first-order valence-electron chi connectivity index (χ1n) is 10.6. The predicted molar refractivity (Wildman–Crippen MR) is 123 cm³/mol. The first-order chi connectivity index (χ1) is 15.4. The highest BCUT2D eigenvalue weighted by Crippen LogP contribution is 2.27. The number of rotatable bonds is 8. The topological polar surface area (TPSA) is 77.1 Å². The Hall–Kier alpha value is -2.93. The lowest BCUT2D eigenvalue weighted by Gasteiger charge is -2.33. The Morgan fingerprint density at radius 3 is 2.34 bits per heavy atom. The molecule has 1 aliphatic rings. The summed E-state index contributed by atoms with van der Waals surface area (Å²) < 4.78 is 16.2. The zero-order valence-corrected chi connectivity index (χ0v) is 19.4. The van der Waals surface area contributed by atoms with Gasteiger partial charge in [-0.25, -0.2) is 0 Å². The molecule has 0 spiro atoms. The van der Waals surface area contributed by atoms with Crippen molar-refractivity contribution in [1.29, 1.82) is 0 Å². The van der Waals surface area contributed by atoms with E-state index >= 15 is 0 Å². The summed E-state index contributed by atoms with van der Waals surface area (Å²) in [5, 5.41) is 3.61. The fourth-order valence-electron chi connectivity index (χ4n) is 3.70. The molecule has 2 aromatic rings. The van der Waals surface area contributed by atoms with Crippen molar-refractivity contribution in [3.8, 4) is 17.2 Å². The highest BCUT2D eigenvalue weighted by Gasteiger charge is 2.27. The molecule has 172 valence electrons. The molecule has 0 radical (unpaired) electrons. The Kier molecular flexibility index (Phi) is 8.22. The molecule has 1 atom stereocenters. The minimum Gasteiger partial charge on any atom is -0.493 e. The summed E-state index contributed by atoms with van der Waals surface area (Å²) in [6.45, 7) is 3.60. The molecule has 2 aromatic carbocycles. The van der Waals surface area contributed by atoms with Crippen LogP contribution in [0.3, 0.4) is 0 Å². The number of methoxy groups -OCH3 is 2. The molecule has 7 nitrogen and oxygen atoms in total. The van der Waals surface area contributed by atoms with E-state index in [0.29, 0.717) is 53.4 Å². The third-order valence-electron chi connectivity index (χ3n) is 5.60. The molecule has 0 bridgehead atoms. The van der Waals surface area contributed by atoms with Crippen molar-refractivity contribution in [3.63, 3.8) is 0 Å². The number of likely N-dealkylation sites (tertiary alicyclic amines) is 1. The van der Waals surface area contributed by atoms with Crippen LogP contribution in [0.1, 0.15) is 30.1 Å². The van der Waals surface area contributed by atoms with E-state index in [1.807, 2.05) is 4.90 Å². The molecule has 1 fully saturated rings. The van der Waals surface area contributed by atoms with Crippen LogP contribution in [0.4, 0.5) is 0 Å². The molecule has 3 rings (SSSR count). The Balaban J connectivity index is 1.44. The molecule has 1 saturated heterocycles. The summed E-state index contributed by atoms with van der Waals surface area (Å²) in [5.41, 5.74) is 0.517. The van der Waals surface area contributed by atoms with Gasteiger partial charge in [-0.05, 0) is 68.1 Å². The Morgan fingerprint density at radius 2 is 1.72 bits per heavy atom. The molecular formula is C24H29ClN2O5. The van der Waals surface area contributed by atoms with Crippen LogP contribution in [0, 0.1) is 5.92 Å². The van der Waals surface area contributed by atoms with Crippen LogP contribution >= 0.6 is 11.6 Å². The third-order valence-corrected chi connectivity index (χ3v) is 5.85. The number of halogens is 1. The van der Waals surface area contributed by atoms with Gasteiger partial charge in [0.1, 0.15) is 5.75 Å². The van der Waals surface area contributed by atoms with Gasteiger partial charge < -0.3 is 24.4 Å². The van der Waals surface area contributed by atoms with Crippen molar-refractivity contribution >= 4 is 23.4 Å². The quantitative estimate of drug-likeness (QED) is 0.648. The van der Waals surface area contributed by atoms with Gasteiger partial charge in [0.15, 0.2) is 17.6 Å². The second kappa shape index (κ2) is 11.1. The smallest absolute Gasteiger partial charge is 0.263 e. The number of amides is 2. The van der Waals surface area contributed by atoms with Crippen LogP contribution in [-0.4, -0.2) is 56.7 Å². The number of piperidine rings is 1. The molecule has 32 heavy (non-hydrogen) atoms. The lowest BCUT2D eigenvalue weighted by molar-refractivity contribution is -0.139. The summed E-state index contributed by atoms with van der Waals surface area (Å²) in [4.78, 5) is 27.1. The van der Waals surface area contributed by atoms with Gasteiger partial charge in [-0.1, -0.05) is 11.6 Å². The first kappa shape index (κ1) is 23.7. The lowest BCUT2D eigenvalue weighted by atomic mass is 9.96. The van der Waals surface area contributed by atoms with Crippen LogP contribution in [0.25, 0.3) is 0 Å². The zero-order chi connectivity index (χ0) is 23.1. The second-order valence-electron chi connectivity index (χ2n) is 7.76. The summed E-state index contributed by atoms with van der Waals surface area (Å²) in [5.74, 6) is 1.83. The van der Waals surface area contributed by atoms with Crippen molar-refractivity contribution in [3.05, 3.63) is 53.1 Å².